The number of hydrogen-bond acceptors (Lipinski definition) is 2. The van der Waals surface area contributed by atoms with Crippen LogP contribution in [0.2, 0.25) is 0 Å². The van der Waals surface area contributed by atoms with E-state index in [0.29, 0.717) is 0 Å². The molecule has 2 nitrogen and oxygen atoms in total. The molecule has 0 amide bonds. The molecule has 1 heterocycles. The van der Waals surface area contributed by atoms with E-state index in [2.05, 4.69) is 73.8 Å². The van der Waals surface area contributed by atoms with E-state index in [-0.39, 0.29) is 0 Å². The number of aryl methyl sites for hydroxylation is 2. The third kappa shape index (κ3) is 3.01. The fourth-order valence-electron chi connectivity index (χ4n) is 2.56. The first-order chi connectivity index (χ1) is 10.7. The molecule has 0 atom stereocenters. The number of aromatic nitrogens is 1. The van der Waals surface area contributed by atoms with Crippen molar-refractivity contribution in [3.8, 4) is 0 Å². The molecule has 0 unspecified atom stereocenters. The standard InChI is InChI=1S/C20H20N2/c1-4-5-16-8-10-18(13-15(16)3)21-20-11-9-17-7-6-14(2)12-19(17)22-20/h4-13H,1-3H3,(H,21,22)/b5-4-. The van der Waals surface area contributed by atoms with Gasteiger partial charge in [0.05, 0.1) is 5.52 Å². The minimum atomic E-state index is 0.872. The maximum absolute atomic E-state index is 4.69. The smallest absolute Gasteiger partial charge is 0.131 e. The van der Waals surface area contributed by atoms with E-state index in [0.717, 1.165) is 22.4 Å². The molecule has 0 fully saturated rings. The third-order valence-corrected chi connectivity index (χ3v) is 3.74. The van der Waals surface area contributed by atoms with Crippen molar-refractivity contribution in [3.05, 3.63) is 71.3 Å². The van der Waals surface area contributed by atoms with Crippen LogP contribution in [0.4, 0.5) is 11.5 Å². The molecule has 110 valence electrons. The first-order valence-corrected chi connectivity index (χ1v) is 7.53. The van der Waals surface area contributed by atoms with E-state index in [1.165, 1.54) is 16.7 Å². The van der Waals surface area contributed by atoms with E-state index in [1.54, 1.807) is 0 Å². The number of allylic oxidation sites excluding steroid dienone is 1. The van der Waals surface area contributed by atoms with E-state index in [4.69, 9.17) is 4.98 Å². The number of nitrogens with one attached hydrogen (secondary N) is 1. The maximum atomic E-state index is 4.69. The molecule has 0 saturated carbocycles. The predicted molar refractivity (Wildman–Crippen MR) is 95.6 cm³/mol. The molecule has 0 radical (unpaired) electrons. The molecule has 3 aromatic rings. The Labute approximate surface area is 131 Å². The Morgan fingerprint density at radius 3 is 2.55 bits per heavy atom. The number of hydrogen-bond donors (Lipinski definition) is 1. The summed E-state index contributed by atoms with van der Waals surface area (Å²) in [6.07, 6.45) is 4.18. The molecule has 2 aromatic carbocycles. The van der Waals surface area contributed by atoms with Gasteiger partial charge in [-0.1, -0.05) is 30.4 Å². The molecule has 2 heteroatoms. The summed E-state index contributed by atoms with van der Waals surface area (Å²) in [4.78, 5) is 4.69. The number of benzene rings is 2. The maximum Gasteiger partial charge on any atom is 0.131 e. The highest BCUT2D eigenvalue weighted by atomic mass is 15.0. The largest absolute Gasteiger partial charge is 0.340 e. The second kappa shape index (κ2) is 6.02. The third-order valence-electron chi connectivity index (χ3n) is 3.74. The van der Waals surface area contributed by atoms with Crippen molar-refractivity contribution in [1.82, 2.24) is 4.98 Å². The number of pyridine rings is 1. The van der Waals surface area contributed by atoms with Crippen LogP contribution < -0.4 is 5.32 Å². The van der Waals surface area contributed by atoms with E-state index in [9.17, 15) is 0 Å². The van der Waals surface area contributed by atoms with Gasteiger partial charge in [0, 0.05) is 11.1 Å². The minimum absolute atomic E-state index is 0.872. The number of nitrogens with zero attached hydrogens (tertiary/aromatic N) is 1. The van der Waals surface area contributed by atoms with Gasteiger partial charge in [-0.2, -0.15) is 0 Å². The van der Waals surface area contributed by atoms with Crippen molar-refractivity contribution in [2.24, 2.45) is 0 Å². The van der Waals surface area contributed by atoms with Gasteiger partial charge in [0.2, 0.25) is 0 Å². The lowest BCUT2D eigenvalue weighted by Gasteiger charge is -2.09. The highest BCUT2D eigenvalue weighted by Crippen LogP contribution is 2.22. The molecule has 0 saturated heterocycles. The molecule has 0 bridgehead atoms. The van der Waals surface area contributed by atoms with Crippen molar-refractivity contribution in [3.63, 3.8) is 0 Å². The Balaban J connectivity index is 1.91. The fraction of sp³-hybridized carbons (Fsp3) is 0.150. The molecule has 1 N–H and O–H groups in total. The average molecular weight is 288 g/mol. The molecule has 0 aliphatic rings. The van der Waals surface area contributed by atoms with Crippen molar-refractivity contribution in [2.75, 3.05) is 5.32 Å². The summed E-state index contributed by atoms with van der Waals surface area (Å²) >= 11 is 0. The molecule has 0 aliphatic heterocycles. The molecule has 22 heavy (non-hydrogen) atoms. The zero-order valence-corrected chi connectivity index (χ0v) is 13.2. The molecule has 0 spiro atoms. The Hall–Kier alpha value is -2.61. The van der Waals surface area contributed by atoms with Crippen molar-refractivity contribution in [1.29, 1.82) is 0 Å². The molecule has 3 rings (SSSR count). The van der Waals surface area contributed by atoms with Gasteiger partial charge in [0.1, 0.15) is 5.82 Å². The Morgan fingerprint density at radius 1 is 0.955 bits per heavy atom. The van der Waals surface area contributed by atoms with Crippen LogP contribution >= 0.6 is 0 Å². The van der Waals surface area contributed by atoms with Gasteiger partial charge in [-0.05, 0) is 67.8 Å². The number of anilines is 2. The lowest BCUT2D eigenvalue weighted by atomic mass is 10.1. The van der Waals surface area contributed by atoms with Gasteiger partial charge >= 0.3 is 0 Å². The lowest BCUT2D eigenvalue weighted by molar-refractivity contribution is 1.35. The zero-order chi connectivity index (χ0) is 15.5. The van der Waals surface area contributed by atoms with E-state index < -0.39 is 0 Å². The van der Waals surface area contributed by atoms with Crippen molar-refractivity contribution < 1.29 is 0 Å². The van der Waals surface area contributed by atoms with Gasteiger partial charge in [-0.15, -0.1) is 0 Å². The predicted octanol–water partition coefficient (Wildman–Crippen LogP) is 5.63. The lowest BCUT2D eigenvalue weighted by Crippen LogP contribution is -1.95. The first kappa shape index (κ1) is 14.3. The van der Waals surface area contributed by atoms with Gasteiger partial charge in [0.15, 0.2) is 0 Å². The zero-order valence-electron chi connectivity index (χ0n) is 13.2. The molecular formula is C20H20N2. The van der Waals surface area contributed by atoms with Gasteiger partial charge in [-0.25, -0.2) is 4.98 Å². The SMILES string of the molecule is C/C=C\c1ccc(Nc2ccc3ccc(C)cc3n2)cc1C. The van der Waals surface area contributed by atoms with Gasteiger partial charge < -0.3 is 5.32 Å². The van der Waals surface area contributed by atoms with Crippen LogP contribution in [0.15, 0.2) is 54.6 Å². The van der Waals surface area contributed by atoms with Crippen LogP contribution in [-0.2, 0) is 0 Å². The van der Waals surface area contributed by atoms with Gasteiger partial charge in [0.25, 0.3) is 0 Å². The molecular weight excluding hydrogens is 268 g/mol. The highest BCUT2D eigenvalue weighted by Gasteiger charge is 2.01. The topological polar surface area (TPSA) is 24.9 Å². The normalized spacial score (nSPS) is 11.2. The summed E-state index contributed by atoms with van der Waals surface area (Å²) in [7, 11) is 0. The summed E-state index contributed by atoms with van der Waals surface area (Å²) in [5.41, 5.74) is 5.80. The Kier molecular flexibility index (Phi) is 3.92. The van der Waals surface area contributed by atoms with E-state index in [1.807, 2.05) is 13.0 Å². The van der Waals surface area contributed by atoms with Crippen LogP contribution in [0.3, 0.4) is 0 Å². The van der Waals surface area contributed by atoms with Crippen molar-refractivity contribution in [2.45, 2.75) is 20.8 Å². The fourth-order valence-corrected chi connectivity index (χ4v) is 2.56. The summed E-state index contributed by atoms with van der Waals surface area (Å²) in [6, 6.07) is 16.8. The average Bonchev–Trinajstić information content (AvgIpc) is 2.50. The minimum Gasteiger partial charge on any atom is -0.340 e. The van der Waals surface area contributed by atoms with Gasteiger partial charge in [-0.3, -0.25) is 0 Å². The van der Waals surface area contributed by atoms with Crippen LogP contribution in [0.25, 0.3) is 17.0 Å². The highest BCUT2D eigenvalue weighted by molar-refractivity contribution is 5.81. The summed E-state index contributed by atoms with van der Waals surface area (Å²) in [5, 5.41) is 4.55. The summed E-state index contributed by atoms with van der Waals surface area (Å²) < 4.78 is 0. The number of fused-ring (bicyclic) bond motifs is 1. The quantitative estimate of drug-likeness (QED) is 0.675. The summed E-state index contributed by atoms with van der Waals surface area (Å²) in [5.74, 6) is 0.872. The number of rotatable bonds is 3. The van der Waals surface area contributed by atoms with Crippen LogP contribution in [0.5, 0.6) is 0 Å². The van der Waals surface area contributed by atoms with Crippen LogP contribution in [0.1, 0.15) is 23.6 Å². The Morgan fingerprint density at radius 2 is 1.77 bits per heavy atom. The van der Waals surface area contributed by atoms with Crippen LogP contribution in [-0.4, -0.2) is 4.98 Å². The summed E-state index contributed by atoms with van der Waals surface area (Å²) in [6.45, 7) is 6.24. The van der Waals surface area contributed by atoms with E-state index >= 15 is 0 Å². The second-order valence-corrected chi connectivity index (χ2v) is 5.59. The Bertz CT molecular complexity index is 847. The monoisotopic (exact) mass is 288 g/mol. The second-order valence-electron chi connectivity index (χ2n) is 5.59. The molecule has 1 aromatic heterocycles. The first-order valence-electron chi connectivity index (χ1n) is 7.53. The molecule has 0 aliphatic carbocycles. The van der Waals surface area contributed by atoms with Crippen LogP contribution in [0, 0.1) is 13.8 Å². The van der Waals surface area contributed by atoms with Crippen molar-refractivity contribution >= 4 is 28.5 Å².